The van der Waals surface area contributed by atoms with Crippen molar-refractivity contribution in [3.8, 4) is 0 Å². The van der Waals surface area contributed by atoms with Crippen molar-refractivity contribution >= 4 is 5.78 Å². The summed E-state index contributed by atoms with van der Waals surface area (Å²) in [5.41, 5.74) is 2.94. The first kappa shape index (κ1) is 19.7. The zero-order valence-electron chi connectivity index (χ0n) is 16.9. The Morgan fingerprint density at radius 3 is 1.71 bits per heavy atom. The van der Waals surface area contributed by atoms with Crippen LogP contribution in [0.1, 0.15) is 98.8 Å². The van der Waals surface area contributed by atoms with E-state index in [-0.39, 0.29) is 5.92 Å². The maximum absolute atomic E-state index is 11.4. The Morgan fingerprint density at radius 1 is 0.833 bits per heavy atom. The van der Waals surface area contributed by atoms with E-state index in [2.05, 4.69) is 27.7 Å². The fourth-order valence-electron chi connectivity index (χ4n) is 5.33. The van der Waals surface area contributed by atoms with Crippen molar-refractivity contribution < 1.29 is 4.79 Å². The van der Waals surface area contributed by atoms with Gasteiger partial charge in [0.05, 0.1) is 0 Å². The topological polar surface area (TPSA) is 17.1 Å². The summed E-state index contributed by atoms with van der Waals surface area (Å²) in [4.78, 5) is 11.4. The van der Waals surface area contributed by atoms with E-state index in [1.54, 1.807) is 25.7 Å². The first-order valence-electron chi connectivity index (χ1n) is 10.8. The summed E-state index contributed by atoms with van der Waals surface area (Å²) in [7, 11) is 0. The molecule has 3 unspecified atom stereocenters. The third-order valence-corrected chi connectivity index (χ3v) is 7.34. The van der Waals surface area contributed by atoms with Gasteiger partial charge in [-0.2, -0.15) is 0 Å². The number of Topliss-reactive ketones (excluding diaryl/α,β-unsaturated/α-hetero) is 1. The molecule has 0 aromatic carbocycles. The van der Waals surface area contributed by atoms with E-state index in [9.17, 15) is 4.79 Å². The van der Waals surface area contributed by atoms with Crippen LogP contribution in [-0.2, 0) is 4.79 Å². The Bertz CT molecular complexity index is 429. The molecule has 0 aliphatic heterocycles. The van der Waals surface area contributed by atoms with E-state index in [1.807, 2.05) is 6.92 Å². The highest BCUT2D eigenvalue weighted by atomic mass is 16.1. The van der Waals surface area contributed by atoms with Crippen LogP contribution in [0.4, 0.5) is 0 Å². The molecule has 0 aromatic heterocycles. The SMILES string of the molecule is CCC1=C(CC)CC(C)C(=O)C1.CC[C@@H]1CC2CCC2C[C@@H]1CC. The Kier molecular flexibility index (Phi) is 7.57. The minimum Gasteiger partial charge on any atom is -0.299 e. The first-order chi connectivity index (χ1) is 11.5. The zero-order valence-corrected chi connectivity index (χ0v) is 16.9. The van der Waals surface area contributed by atoms with Crippen LogP contribution >= 0.6 is 0 Å². The molecule has 0 radical (unpaired) electrons. The molecule has 0 saturated heterocycles. The van der Waals surface area contributed by atoms with Crippen LogP contribution < -0.4 is 0 Å². The lowest BCUT2D eigenvalue weighted by atomic mass is 9.58. The molecule has 2 fully saturated rings. The summed E-state index contributed by atoms with van der Waals surface area (Å²) in [5, 5.41) is 0. The molecule has 0 bridgehead atoms. The monoisotopic (exact) mass is 332 g/mol. The van der Waals surface area contributed by atoms with E-state index in [0.29, 0.717) is 5.78 Å². The maximum atomic E-state index is 11.4. The second-order valence-electron chi connectivity index (χ2n) is 8.57. The number of hydrogen-bond donors (Lipinski definition) is 0. The molecule has 2 saturated carbocycles. The summed E-state index contributed by atoms with van der Waals surface area (Å²) >= 11 is 0. The molecular formula is C23H40O. The van der Waals surface area contributed by atoms with E-state index in [4.69, 9.17) is 0 Å². The average Bonchev–Trinajstić information content (AvgIpc) is 2.58. The smallest absolute Gasteiger partial charge is 0.140 e. The van der Waals surface area contributed by atoms with Crippen molar-refractivity contribution in [3.05, 3.63) is 11.1 Å². The van der Waals surface area contributed by atoms with Gasteiger partial charge in [-0.15, -0.1) is 0 Å². The maximum Gasteiger partial charge on any atom is 0.140 e. The van der Waals surface area contributed by atoms with Gasteiger partial charge in [-0.3, -0.25) is 4.79 Å². The van der Waals surface area contributed by atoms with E-state index < -0.39 is 0 Å². The van der Waals surface area contributed by atoms with Crippen molar-refractivity contribution in [3.63, 3.8) is 0 Å². The number of rotatable bonds is 4. The second kappa shape index (κ2) is 9.20. The number of ketones is 1. The molecule has 0 amide bonds. The van der Waals surface area contributed by atoms with Gasteiger partial charge in [0.2, 0.25) is 0 Å². The van der Waals surface area contributed by atoms with Crippen molar-refractivity contribution in [2.45, 2.75) is 98.8 Å². The van der Waals surface area contributed by atoms with Gasteiger partial charge in [-0.05, 0) is 68.6 Å². The Labute approximate surface area is 150 Å². The van der Waals surface area contributed by atoms with Crippen molar-refractivity contribution in [2.75, 3.05) is 0 Å². The summed E-state index contributed by atoms with van der Waals surface area (Å²) in [5.74, 6) is 5.17. The fraction of sp³-hybridized carbons (Fsp3) is 0.870. The standard InChI is InChI=1S/C12H22.C11H18O/c1-3-9-7-11-5-6-12(11)8-10(9)4-2;1-4-9-6-8(3)11(12)7-10(9)5-2/h9-12H,3-8H2,1-2H3;8H,4-7H2,1-3H3/t9-,10+,11?,12?;. The lowest BCUT2D eigenvalue weighted by Gasteiger charge is -2.47. The van der Waals surface area contributed by atoms with Gasteiger partial charge in [0.15, 0.2) is 0 Å². The van der Waals surface area contributed by atoms with Crippen LogP contribution in [-0.4, -0.2) is 5.78 Å². The summed E-state index contributed by atoms with van der Waals surface area (Å²) in [6, 6.07) is 0. The molecule has 138 valence electrons. The summed E-state index contributed by atoms with van der Waals surface area (Å²) in [6.07, 6.45) is 13.0. The summed E-state index contributed by atoms with van der Waals surface area (Å²) in [6.45, 7) is 11.1. The van der Waals surface area contributed by atoms with Crippen LogP contribution in [0.15, 0.2) is 11.1 Å². The molecule has 24 heavy (non-hydrogen) atoms. The molecule has 1 nitrogen and oxygen atoms in total. The molecule has 3 rings (SSSR count). The highest BCUT2D eigenvalue weighted by Crippen LogP contribution is 2.50. The lowest BCUT2D eigenvalue weighted by molar-refractivity contribution is -0.122. The minimum absolute atomic E-state index is 0.273. The molecular weight excluding hydrogens is 292 g/mol. The predicted molar refractivity (Wildman–Crippen MR) is 104 cm³/mol. The number of fused-ring (bicyclic) bond motifs is 1. The van der Waals surface area contributed by atoms with Gasteiger partial charge in [-0.1, -0.05) is 58.6 Å². The van der Waals surface area contributed by atoms with Crippen LogP contribution in [0.3, 0.4) is 0 Å². The van der Waals surface area contributed by atoms with Gasteiger partial charge in [-0.25, -0.2) is 0 Å². The molecule has 0 N–H and O–H groups in total. The van der Waals surface area contributed by atoms with Crippen LogP contribution in [0.25, 0.3) is 0 Å². The van der Waals surface area contributed by atoms with E-state index in [1.165, 1.54) is 24.0 Å². The van der Waals surface area contributed by atoms with Crippen LogP contribution in [0.2, 0.25) is 0 Å². The number of carbonyl (C=O) groups excluding carboxylic acids is 1. The minimum atomic E-state index is 0.273. The highest BCUT2D eigenvalue weighted by molar-refractivity contribution is 5.84. The Morgan fingerprint density at radius 2 is 1.33 bits per heavy atom. The third kappa shape index (κ3) is 4.52. The number of carbonyl (C=O) groups is 1. The molecule has 3 aliphatic carbocycles. The van der Waals surface area contributed by atoms with Crippen molar-refractivity contribution in [1.29, 1.82) is 0 Å². The summed E-state index contributed by atoms with van der Waals surface area (Å²) < 4.78 is 0. The molecule has 0 heterocycles. The normalized spacial score (nSPS) is 35.7. The molecule has 3 aliphatic rings. The van der Waals surface area contributed by atoms with Gasteiger partial charge in [0.25, 0.3) is 0 Å². The molecule has 1 heteroatoms. The van der Waals surface area contributed by atoms with Gasteiger partial charge in [0.1, 0.15) is 5.78 Å². The van der Waals surface area contributed by atoms with Gasteiger partial charge >= 0.3 is 0 Å². The fourth-order valence-corrected chi connectivity index (χ4v) is 5.33. The van der Waals surface area contributed by atoms with Gasteiger partial charge in [0, 0.05) is 12.3 Å². The average molecular weight is 333 g/mol. The van der Waals surface area contributed by atoms with E-state index in [0.717, 1.165) is 49.4 Å². The van der Waals surface area contributed by atoms with Crippen molar-refractivity contribution in [2.24, 2.45) is 29.6 Å². The third-order valence-electron chi connectivity index (χ3n) is 7.34. The molecule has 0 aromatic rings. The predicted octanol–water partition coefficient (Wildman–Crippen LogP) is 6.96. The van der Waals surface area contributed by atoms with Gasteiger partial charge < -0.3 is 0 Å². The zero-order chi connectivity index (χ0) is 17.7. The second-order valence-corrected chi connectivity index (χ2v) is 8.57. The Hall–Kier alpha value is -0.590. The van der Waals surface area contributed by atoms with E-state index >= 15 is 0 Å². The quantitative estimate of drug-likeness (QED) is 0.508. The van der Waals surface area contributed by atoms with Crippen LogP contribution in [0, 0.1) is 29.6 Å². The number of hydrogen-bond acceptors (Lipinski definition) is 1. The molecule has 0 spiro atoms. The first-order valence-corrected chi connectivity index (χ1v) is 10.8. The van der Waals surface area contributed by atoms with Crippen LogP contribution in [0.5, 0.6) is 0 Å². The molecule has 5 atom stereocenters. The Balaban J connectivity index is 0.000000174. The number of allylic oxidation sites excluding steroid dienone is 2. The van der Waals surface area contributed by atoms with Crippen molar-refractivity contribution in [1.82, 2.24) is 0 Å². The highest BCUT2D eigenvalue weighted by Gasteiger charge is 2.40. The largest absolute Gasteiger partial charge is 0.299 e. The lowest BCUT2D eigenvalue weighted by Crippen LogP contribution is -2.37.